The molecule has 0 spiro atoms. The lowest BCUT2D eigenvalue weighted by Gasteiger charge is -2.35. The minimum absolute atomic E-state index is 0.255. The van der Waals surface area contributed by atoms with Gasteiger partial charge in [0.1, 0.15) is 23.4 Å². The number of benzene rings is 1. The summed E-state index contributed by atoms with van der Waals surface area (Å²) in [7, 11) is 0. The Morgan fingerprint density at radius 1 is 1.16 bits per heavy atom. The van der Waals surface area contributed by atoms with Crippen molar-refractivity contribution in [2.24, 2.45) is 0 Å². The molecule has 32 heavy (non-hydrogen) atoms. The molecule has 7 nitrogen and oxygen atoms in total. The SMILES string of the molecule is Cc1nc(Nc2ccc(C#N)nc2)cc([C@@H]2CCCCN2CCOCc2ccccc2)n1. The van der Waals surface area contributed by atoms with Gasteiger partial charge in [0.25, 0.3) is 0 Å². The van der Waals surface area contributed by atoms with Crippen LogP contribution in [0.4, 0.5) is 11.5 Å². The lowest BCUT2D eigenvalue weighted by molar-refractivity contribution is 0.0627. The molecule has 0 aliphatic carbocycles. The zero-order valence-electron chi connectivity index (χ0n) is 18.4. The van der Waals surface area contributed by atoms with Gasteiger partial charge in [-0.15, -0.1) is 0 Å². The van der Waals surface area contributed by atoms with E-state index in [1.807, 2.05) is 43.3 Å². The van der Waals surface area contributed by atoms with Crippen LogP contribution >= 0.6 is 0 Å². The highest BCUT2D eigenvalue weighted by Crippen LogP contribution is 2.31. The van der Waals surface area contributed by atoms with E-state index < -0.39 is 0 Å². The van der Waals surface area contributed by atoms with Crippen LogP contribution in [0.25, 0.3) is 0 Å². The fourth-order valence-electron chi connectivity index (χ4n) is 4.05. The number of ether oxygens (including phenoxy) is 1. The van der Waals surface area contributed by atoms with E-state index in [1.165, 1.54) is 18.4 Å². The first kappa shape index (κ1) is 21.9. The number of nitriles is 1. The maximum absolute atomic E-state index is 8.93. The summed E-state index contributed by atoms with van der Waals surface area (Å²) in [6, 6.07) is 18.1. The van der Waals surface area contributed by atoms with Crippen molar-refractivity contribution in [1.82, 2.24) is 19.9 Å². The second-order valence-corrected chi connectivity index (χ2v) is 7.98. The molecule has 0 amide bonds. The number of pyridine rings is 1. The predicted octanol–water partition coefficient (Wildman–Crippen LogP) is 4.54. The Kier molecular flexibility index (Phi) is 7.38. The van der Waals surface area contributed by atoms with Crippen LogP contribution in [-0.4, -0.2) is 39.5 Å². The highest BCUT2D eigenvalue weighted by atomic mass is 16.5. The maximum Gasteiger partial charge on any atom is 0.140 e. The van der Waals surface area contributed by atoms with E-state index >= 15 is 0 Å². The number of aromatic nitrogens is 3. The van der Waals surface area contributed by atoms with Crippen LogP contribution in [0, 0.1) is 18.3 Å². The molecule has 0 saturated carbocycles. The average molecular weight is 429 g/mol. The fourth-order valence-corrected chi connectivity index (χ4v) is 4.05. The van der Waals surface area contributed by atoms with Gasteiger partial charge in [-0.05, 0) is 44.0 Å². The van der Waals surface area contributed by atoms with Gasteiger partial charge >= 0.3 is 0 Å². The Labute approximate surface area is 189 Å². The van der Waals surface area contributed by atoms with Crippen molar-refractivity contribution in [1.29, 1.82) is 5.26 Å². The summed E-state index contributed by atoms with van der Waals surface area (Å²) in [4.78, 5) is 15.9. The molecule has 1 N–H and O–H groups in total. The summed E-state index contributed by atoms with van der Waals surface area (Å²) >= 11 is 0. The molecular weight excluding hydrogens is 400 g/mol. The maximum atomic E-state index is 8.93. The molecule has 164 valence electrons. The molecule has 1 aliphatic heterocycles. The Morgan fingerprint density at radius 3 is 2.81 bits per heavy atom. The minimum Gasteiger partial charge on any atom is -0.375 e. The first-order valence-electron chi connectivity index (χ1n) is 11.1. The molecule has 1 aliphatic rings. The van der Waals surface area contributed by atoms with Gasteiger partial charge in [-0.3, -0.25) is 4.90 Å². The van der Waals surface area contributed by atoms with Gasteiger partial charge in [0.15, 0.2) is 0 Å². The van der Waals surface area contributed by atoms with Gasteiger partial charge < -0.3 is 10.1 Å². The number of anilines is 2. The van der Waals surface area contributed by atoms with Crippen LogP contribution in [0.15, 0.2) is 54.7 Å². The number of piperidine rings is 1. The van der Waals surface area contributed by atoms with E-state index in [2.05, 4.69) is 32.3 Å². The van der Waals surface area contributed by atoms with Gasteiger partial charge in [-0.25, -0.2) is 15.0 Å². The molecule has 7 heteroatoms. The summed E-state index contributed by atoms with van der Waals surface area (Å²) in [5.74, 6) is 1.47. The van der Waals surface area contributed by atoms with Gasteiger partial charge in [0.05, 0.1) is 36.8 Å². The van der Waals surface area contributed by atoms with E-state index in [4.69, 9.17) is 15.0 Å². The van der Waals surface area contributed by atoms with Crippen LogP contribution < -0.4 is 5.32 Å². The Hall–Kier alpha value is -3.34. The monoisotopic (exact) mass is 428 g/mol. The van der Waals surface area contributed by atoms with Crippen molar-refractivity contribution >= 4 is 11.5 Å². The Balaban J connectivity index is 1.41. The molecule has 3 aromatic rings. The lowest BCUT2D eigenvalue weighted by Crippen LogP contribution is -2.36. The van der Waals surface area contributed by atoms with Gasteiger partial charge in [0, 0.05) is 12.6 Å². The number of likely N-dealkylation sites (tertiary alicyclic amines) is 1. The summed E-state index contributed by atoms with van der Waals surface area (Å²) in [6.45, 7) is 5.17. The number of hydrogen-bond acceptors (Lipinski definition) is 7. The third-order valence-electron chi connectivity index (χ3n) is 5.60. The molecule has 3 heterocycles. The number of hydrogen-bond donors (Lipinski definition) is 1. The first-order chi connectivity index (χ1) is 15.7. The largest absolute Gasteiger partial charge is 0.375 e. The molecular formula is C25H28N6O. The Morgan fingerprint density at radius 2 is 2.03 bits per heavy atom. The third kappa shape index (κ3) is 5.88. The van der Waals surface area contributed by atoms with Crippen LogP contribution in [0.2, 0.25) is 0 Å². The van der Waals surface area contributed by atoms with E-state index in [0.717, 1.165) is 42.5 Å². The van der Waals surface area contributed by atoms with Gasteiger partial charge in [-0.2, -0.15) is 5.26 Å². The van der Waals surface area contributed by atoms with Crippen molar-refractivity contribution in [3.8, 4) is 6.07 Å². The van der Waals surface area contributed by atoms with Crippen molar-refractivity contribution in [2.45, 2.75) is 38.8 Å². The topological polar surface area (TPSA) is 87.0 Å². The van der Waals surface area contributed by atoms with Gasteiger partial charge in [0.2, 0.25) is 0 Å². The molecule has 0 radical (unpaired) electrons. The zero-order chi connectivity index (χ0) is 22.2. The Bertz CT molecular complexity index is 1050. The molecule has 2 aromatic heterocycles. The fraction of sp³-hybridized carbons (Fsp3) is 0.360. The third-order valence-corrected chi connectivity index (χ3v) is 5.60. The molecule has 0 unspecified atom stereocenters. The average Bonchev–Trinajstić information content (AvgIpc) is 2.83. The quantitative estimate of drug-likeness (QED) is 0.527. The van der Waals surface area contributed by atoms with Crippen molar-refractivity contribution in [3.63, 3.8) is 0 Å². The molecule has 4 rings (SSSR count). The smallest absolute Gasteiger partial charge is 0.140 e. The standard InChI is InChI=1S/C25H28N6O/c1-19-28-23(15-25(29-19)30-22-11-10-21(16-26)27-17-22)24-9-5-6-12-31(24)13-14-32-18-20-7-3-2-4-8-20/h2-4,7-8,10-11,15,17,24H,5-6,9,12-14,18H2,1H3,(H,28,29,30)/t24-/m0/s1. The van der Waals surface area contributed by atoms with Crippen LogP contribution in [0.1, 0.15) is 48.1 Å². The number of nitrogens with one attached hydrogen (secondary N) is 1. The summed E-state index contributed by atoms with van der Waals surface area (Å²) in [5.41, 5.74) is 3.41. The normalized spacial score (nSPS) is 16.4. The molecule has 1 fully saturated rings. The number of nitrogens with zero attached hydrogens (tertiary/aromatic N) is 5. The van der Waals surface area contributed by atoms with E-state index in [1.54, 1.807) is 12.3 Å². The second kappa shape index (κ2) is 10.8. The molecule has 1 aromatic carbocycles. The number of aryl methyl sites for hydroxylation is 1. The van der Waals surface area contributed by atoms with Crippen molar-refractivity contribution < 1.29 is 4.74 Å². The van der Waals surface area contributed by atoms with Crippen LogP contribution in [0.5, 0.6) is 0 Å². The second-order valence-electron chi connectivity index (χ2n) is 7.98. The highest BCUT2D eigenvalue weighted by Gasteiger charge is 2.25. The van der Waals surface area contributed by atoms with Crippen molar-refractivity contribution in [2.75, 3.05) is 25.0 Å². The molecule has 1 atom stereocenters. The summed E-state index contributed by atoms with van der Waals surface area (Å²) in [6.07, 6.45) is 5.11. The van der Waals surface area contributed by atoms with Gasteiger partial charge in [-0.1, -0.05) is 36.8 Å². The van der Waals surface area contributed by atoms with Crippen LogP contribution in [-0.2, 0) is 11.3 Å². The van der Waals surface area contributed by atoms with E-state index in [0.29, 0.717) is 18.9 Å². The summed E-state index contributed by atoms with van der Waals surface area (Å²) in [5, 5.41) is 12.2. The van der Waals surface area contributed by atoms with E-state index in [9.17, 15) is 0 Å². The van der Waals surface area contributed by atoms with Crippen molar-refractivity contribution in [3.05, 3.63) is 77.5 Å². The summed E-state index contributed by atoms with van der Waals surface area (Å²) < 4.78 is 5.94. The van der Waals surface area contributed by atoms with E-state index in [-0.39, 0.29) is 6.04 Å². The highest BCUT2D eigenvalue weighted by molar-refractivity contribution is 5.55. The lowest BCUT2D eigenvalue weighted by atomic mass is 9.99. The first-order valence-corrected chi connectivity index (χ1v) is 11.1. The number of rotatable bonds is 8. The zero-order valence-corrected chi connectivity index (χ0v) is 18.4. The molecule has 0 bridgehead atoms. The van der Waals surface area contributed by atoms with Crippen LogP contribution in [0.3, 0.4) is 0 Å². The predicted molar refractivity (Wildman–Crippen MR) is 123 cm³/mol. The molecule has 1 saturated heterocycles. The minimum atomic E-state index is 0.255.